The zero-order valence-electron chi connectivity index (χ0n) is 17.8. The van der Waals surface area contributed by atoms with E-state index in [9.17, 15) is 0 Å². The Morgan fingerprint density at radius 2 is 1.81 bits per heavy atom. The summed E-state index contributed by atoms with van der Waals surface area (Å²) in [5.41, 5.74) is 1.93. The number of tetrazole rings is 1. The Balaban J connectivity index is 0.00000181. The minimum atomic E-state index is 0. The Bertz CT molecular complexity index is 938. The van der Waals surface area contributed by atoms with E-state index < -0.39 is 0 Å². The van der Waals surface area contributed by atoms with Gasteiger partial charge in [0.05, 0.1) is 26.0 Å². The molecule has 32 heavy (non-hydrogen) atoms. The second-order valence-electron chi connectivity index (χ2n) is 6.93. The van der Waals surface area contributed by atoms with E-state index in [0.29, 0.717) is 11.5 Å². The van der Waals surface area contributed by atoms with E-state index in [0.717, 1.165) is 57.2 Å². The zero-order valence-corrected chi connectivity index (χ0v) is 19.3. The third kappa shape index (κ3) is 6.78. The van der Waals surface area contributed by atoms with Crippen LogP contribution >= 0.6 is 0 Å². The molecular formula is C21H26Cl2N6O3-2. The van der Waals surface area contributed by atoms with Crippen molar-refractivity contribution < 1.29 is 39.0 Å². The monoisotopic (exact) mass is 480 g/mol. The maximum atomic E-state index is 5.95. The van der Waals surface area contributed by atoms with Gasteiger partial charge in [-0.05, 0) is 40.3 Å². The number of morpholine rings is 1. The van der Waals surface area contributed by atoms with Crippen LogP contribution in [0.25, 0.3) is 5.69 Å². The molecule has 0 atom stereocenters. The van der Waals surface area contributed by atoms with Crippen molar-refractivity contribution in [2.45, 2.75) is 6.54 Å². The quantitative estimate of drug-likeness (QED) is 0.309. The molecule has 0 unspecified atom stereocenters. The highest BCUT2D eigenvalue weighted by atomic mass is 35.5. The summed E-state index contributed by atoms with van der Waals surface area (Å²) >= 11 is 0. The summed E-state index contributed by atoms with van der Waals surface area (Å²) in [6.45, 7) is 6.35. The van der Waals surface area contributed by atoms with Crippen LogP contribution in [0, 0.1) is 0 Å². The molecule has 174 valence electrons. The number of ether oxygens (including phenoxy) is 3. The maximum absolute atomic E-state index is 5.95. The zero-order chi connectivity index (χ0) is 20.6. The van der Waals surface area contributed by atoms with Crippen LogP contribution < -0.4 is 39.6 Å². The molecule has 0 spiro atoms. The first kappa shape index (κ1) is 25.8. The minimum Gasteiger partial charge on any atom is -1.00 e. The lowest BCUT2D eigenvalue weighted by atomic mass is 10.2. The highest BCUT2D eigenvalue weighted by molar-refractivity contribution is 5.44. The molecular weight excluding hydrogens is 455 g/mol. The minimum absolute atomic E-state index is 0. The molecule has 9 nitrogen and oxygen atoms in total. The van der Waals surface area contributed by atoms with E-state index >= 15 is 0 Å². The van der Waals surface area contributed by atoms with Crippen LogP contribution in [0.4, 0.5) is 0 Å². The van der Waals surface area contributed by atoms with Gasteiger partial charge >= 0.3 is 6.01 Å². The average Bonchev–Trinajstić information content (AvgIpc) is 3.27. The van der Waals surface area contributed by atoms with Gasteiger partial charge in [-0.2, -0.15) is 4.68 Å². The molecule has 2 aromatic carbocycles. The molecule has 1 aromatic heterocycles. The molecule has 0 bridgehead atoms. The molecule has 3 aromatic rings. The number of halogens is 2. The fourth-order valence-electron chi connectivity index (χ4n) is 3.27. The fraction of sp³-hybridized carbons (Fsp3) is 0.381. The molecule has 11 heteroatoms. The van der Waals surface area contributed by atoms with Crippen molar-refractivity contribution in [1.82, 2.24) is 30.4 Å². The van der Waals surface area contributed by atoms with E-state index in [4.69, 9.17) is 14.2 Å². The van der Waals surface area contributed by atoms with Crippen molar-refractivity contribution in [3.05, 3.63) is 54.1 Å². The summed E-state index contributed by atoms with van der Waals surface area (Å²) < 4.78 is 18.4. The Labute approximate surface area is 199 Å². The van der Waals surface area contributed by atoms with E-state index in [1.165, 1.54) is 0 Å². The van der Waals surface area contributed by atoms with Gasteiger partial charge in [0.1, 0.15) is 0 Å². The lowest BCUT2D eigenvalue weighted by Crippen LogP contribution is -3.00. The lowest BCUT2D eigenvalue weighted by Gasteiger charge is -2.26. The Hall–Kier alpha value is -2.43. The van der Waals surface area contributed by atoms with Gasteiger partial charge in [-0.25, -0.2) is 0 Å². The van der Waals surface area contributed by atoms with Crippen molar-refractivity contribution in [1.29, 1.82) is 0 Å². The molecule has 4 rings (SSSR count). The standard InChI is InChI=1S/C21H26N6O3.2ClH/c1-28-20-15-17(16-22-9-10-26-11-13-29-14-12-26)7-8-19(20)30-21-23-24-25-27(21)18-5-3-2-4-6-18;;/h2-8,15,22H,9-14,16H2,1H3;2*1H/p-2. The summed E-state index contributed by atoms with van der Waals surface area (Å²) in [4.78, 5) is 2.41. The van der Waals surface area contributed by atoms with Crippen LogP contribution in [0.3, 0.4) is 0 Å². The molecule has 1 aliphatic heterocycles. The first-order valence-corrected chi connectivity index (χ1v) is 10.0. The van der Waals surface area contributed by atoms with E-state index in [2.05, 4.69) is 25.7 Å². The number of nitrogens with zero attached hydrogens (tertiary/aromatic N) is 5. The molecule has 0 radical (unpaired) electrons. The summed E-state index contributed by atoms with van der Waals surface area (Å²) in [7, 11) is 1.62. The Kier molecular flexibility index (Phi) is 10.6. The predicted octanol–water partition coefficient (Wildman–Crippen LogP) is -4.11. The highest BCUT2D eigenvalue weighted by Crippen LogP contribution is 2.32. The number of hydrogen-bond donors (Lipinski definition) is 1. The number of hydrogen-bond acceptors (Lipinski definition) is 8. The average molecular weight is 481 g/mol. The van der Waals surface area contributed by atoms with Crippen molar-refractivity contribution in [3.63, 3.8) is 0 Å². The molecule has 0 saturated carbocycles. The van der Waals surface area contributed by atoms with Crippen LogP contribution in [0.2, 0.25) is 0 Å². The van der Waals surface area contributed by atoms with Crippen LogP contribution in [0.1, 0.15) is 5.56 Å². The van der Waals surface area contributed by atoms with Crippen molar-refractivity contribution in [3.8, 4) is 23.2 Å². The largest absolute Gasteiger partial charge is 1.00 e. The number of para-hydroxylation sites is 1. The summed E-state index contributed by atoms with van der Waals surface area (Å²) in [5, 5.41) is 15.2. The van der Waals surface area contributed by atoms with Gasteiger partial charge < -0.3 is 44.3 Å². The number of aromatic nitrogens is 4. The molecule has 0 aliphatic carbocycles. The number of methoxy groups -OCH3 is 1. The van der Waals surface area contributed by atoms with E-state index in [1.807, 2.05) is 48.5 Å². The molecule has 2 heterocycles. The van der Waals surface area contributed by atoms with Gasteiger partial charge in [-0.3, -0.25) is 4.90 Å². The maximum Gasteiger partial charge on any atom is 0.346 e. The Morgan fingerprint density at radius 1 is 1.03 bits per heavy atom. The first-order chi connectivity index (χ1) is 14.8. The van der Waals surface area contributed by atoms with Crippen LogP contribution in [0.15, 0.2) is 48.5 Å². The highest BCUT2D eigenvalue weighted by Gasteiger charge is 2.14. The van der Waals surface area contributed by atoms with Crippen molar-refractivity contribution in [2.24, 2.45) is 0 Å². The second-order valence-corrected chi connectivity index (χ2v) is 6.93. The van der Waals surface area contributed by atoms with Crippen LogP contribution in [0.5, 0.6) is 17.5 Å². The van der Waals surface area contributed by atoms with E-state index in [-0.39, 0.29) is 30.8 Å². The van der Waals surface area contributed by atoms with Gasteiger partial charge in [0.15, 0.2) is 11.5 Å². The Morgan fingerprint density at radius 3 is 2.56 bits per heavy atom. The van der Waals surface area contributed by atoms with Gasteiger partial charge in [0.2, 0.25) is 0 Å². The summed E-state index contributed by atoms with van der Waals surface area (Å²) in [5.74, 6) is 1.19. The van der Waals surface area contributed by atoms with Crippen LogP contribution in [-0.2, 0) is 11.3 Å². The number of nitrogens with one attached hydrogen (secondary N) is 1. The van der Waals surface area contributed by atoms with Crippen molar-refractivity contribution in [2.75, 3.05) is 46.5 Å². The third-order valence-electron chi connectivity index (χ3n) is 4.91. The van der Waals surface area contributed by atoms with Crippen molar-refractivity contribution >= 4 is 0 Å². The fourth-order valence-corrected chi connectivity index (χ4v) is 3.27. The summed E-state index contributed by atoms with van der Waals surface area (Å²) in [6.07, 6.45) is 0. The van der Waals surface area contributed by atoms with Gasteiger partial charge in [0, 0.05) is 32.7 Å². The third-order valence-corrected chi connectivity index (χ3v) is 4.91. The van der Waals surface area contributed by atoms with Gasteiger partial charge in [-0.15, -0.1) is 0 Å². The smallest absolute Gasteiger partial charge is 0.346 e. The SMILES string of the molecule is COc1cc(CNCCN2CCOCC2)ccc1Oc1nnnn1-c1ccccc1.[Cl-].[Cl-]. The first-order valence-electron chi connectivity index (χ1n) is 10.0. The molecule has 0 amide bonds. The van der Waals surface area contributed by atoms with Crippen LogP contribution in [-0.4, -0.2) is 71.6 Å². The number of benzene rings is 2. The van der Waals surface area contributed by atoms with Gasteiger partial charge in [-0.1, -0.05) is 29.4 Å². The summed E-state index contributed by atoms with van der Waals surface area (Å²) in [6, 6.07) is 15.7. The molecule has 1 fully saturated rings. The molecule has 1 N–H and O–H groups in total. The second kappa shape index (κ2) is 13.2. The van der Waals surface area contributed by atoms with E-state index in [1.54, 1.807) is 11.8 Å². The molecule has 1 aliphatic rings. The normalized spacial score (nSPS) is 13.7. The molecule has 1 saturated heterocycles. The lowest BCUT2D eigenvalue weighted by molar-refractivity contribution is -0.001000. The topological polar surface area (TPSA) is 86.6 Å². The number of rotatable bonds is 9. The van der Waals surface area contributed by atoms with Gasteiger partial charge in [0.25, 0.3) is 0 Å². The predicted molar refractivity (Wildman–Crippen MR) is 111 cm³/mol.